The Hall–Kier alpha value is -1.40. The van der Waals surface area contributed by atoms with E-state index >= 15 is 0 Å². The van der Waals surface area contributed by atoms with Crippen LogP contribution in [0.3, 0.4) is 0 Å². The van der Waals surface area contributed by atoms with Crippen molar-refractivity contribution in [3.05, 3.63) is 23.1 Å². The van der Waals surface area contributed by atoms with E-state index < -0.39 is 11.2 Å². The number of ether oxygens (including phenoxy) is 1. The van der Waals surface area contributed by atoms with E-state index in [0.29, 0.717) is 18.9 Å². The zero-order valence-electron chi connectivity index (χ0n) is 14.2. The monoisotopic (exact) mass is 367 g/mol. The Morgan fingerprint density at radius 2 is 2.08 bits per heavy atom. The molecule has 1 atom stereocenters. The first-order valence-electron chi connectivity index (χ1n) is 9.04. The second-order valence-corrected chi connectivity index (χ2v) is 7.79. The first kappa shape index (κ1) is 17.0. The normalized spacial score (nSPS) is 28.2. The predicted molar refractivity (Wildman–Crippen MR) is 93.3 cm³/mol. The van der Waals surface area contributed by atoms with Gasteiger partial charge in [-0.3, -0.25) is 4.79 Å². The van der Waals surface area contributed by atoms with E-state index in [4.69, 9.17) is 16.3 Å². The highest BCUT2D eigenvalue weighted by Gasteiger charge is 2.50. The zero-order valence-corrected chi connectivity index (χ0v) is 15.0. The second-order valence-electron chi connectivity index (χ2n) is 7.36. The molecule has 3 saturated heterocycles. The van der Waals surface area contributed by atoms with Crippen LogP contribution in [0.15, 0.2) is 12.3 Å². The number of pyridine rings is 1. The summed E-state index contributed by atoms with van der Waals surface area (Å²) in [5, 5.41) is 0.287. The highest BCUT2D eigenvalue weighted by atomic mass is 35.5. The Kier molecular flexibility index (Phi) is 4.58. The SMILES string of the molecule is O=C1N(C2CCOCC2)CCC[C@]12CCN(c1ncc(Cl)cc1F)C2. The van der Waals surface area contributed by atoms with Crippen LogP contribution in [0.4, 0.5) is 10.2 Å². The van der Waals surface area contributed by atoms with Gasteiger partial charge >= 0.3 is 0 Å². The molecule has 1 spiro atoms. The van der Waals surface area contributed by atoms with Gasteiger partial charge in [-0.1, -0.05) is 11.6 Å². The first-order chi connectivity index (χ1) is 12.1. The van der Waals surface area contributed by atoms with Crippen molar-refractivity contribution in [3.8, 4) is 0 Å². The number of piperidine rings is 1. The molecule has 4 heterocycles. The molecule has 136 valence electrons. The molecule has 3 aliphatic heterocycles. The Bertz CT molecular complexity index is 668. The van der Waals surface area contributed by atoms with E-state index in [1.165, 1.54) is 12.3 Å². The van der Waals surface area contributed by atoms with Crippen molar-refractivity contribution in [1.82, 2.24) is 9.88 Å². The lowest BCUT2D eigenvalue weighted by Gasteiger charge is -2.44. The van der Waals surface area contributed by atoms with Crippen molar-refractivity contribution in [3.63, 3.8) is 0 Å². The molecule has 0 aliphatic carbocycles. The average Bonchev–Trinajstić information content (AvgIpc) is 3.03. The highest BCUT2D eigenvalue weighted by molar-refractivity contribution is 6.30. The van der Waals surface area contributed by atoms with Crippen molar-refractivity contribution in [1.29, 1.82) is 0 Å². The van der Waals surface area contributed by atoms with Crippen LogP contribution in [0, 0.1) is 11.2 Å². The lowest BCUT2D eigenvalue weighted by molar-refractivity contribution is -0.149. The largest absolute Gasteiger partial charge is 0.381 e. The van der Waals surface area contributed by atoms with Gasteiger partial charge in [0.15, 0.2) is 11.6 Å². The van der Waals surface area contributed by atoms with Crippen LogP contribution in [0.2, 0.25) is 5.02 Å². The average molecular weight is 368 g/mol. The van der Waals surface area contributed by atoms with Gasteiger partial charge < -0.3 is 14.5 Å². The number of amides is 1. The molecule has 0 radical (unpaired) electrons. The van der Waals surface area contributed by atoms with Gasteiger partial charge in [0.25, 0.3) is 0 Å². The second kappa shape index (κ2) is 6.72. The highest BCUT2D eigenvalue weighted by Crippen LogP contribution is 2.42. The van der Waals surface area contributed by atoms with Crippen molar-refractivity contribution >= 4 is 23.3 Å². The van der Waals surface area contributed by atoms with Crippen LogP contribution in [-0.4, -0.2) is 54.7 Å². The summed E-state index contributed by atoms with van der Waals surface area (Å²) in [5.41, 5.74) is -0.399. The smallest absolute Gasteiger partial charge is 0.230 e. The molecule has 1 amide bonds. The number of nitrogens with zero attached hydrogens (tertiary/aromatic N) is 3. The van der Waals surface area contributed by atoms with Crippen LogP contribution in [0.25, 0.3) is 0 Å². The first-order valence-corrected chi connectivity index (χ1v) is 9.42. The minimum absolute atomic E-state index is 0.238. The fourth-order valence-electron chi connectivity index (χ4n) is 4.52. The molecular weight excluding hydrogens is 345 g/mol. The molecule has 1 aromatic heterocycles. The van der Waals surface area contributed by atoms with Gasteiger partial charge in [0, 0.05) is 45.1 Å². The zero-order chi connectivity index (χ0) is 17.4. The Balaban J connectivity index is 1.52. The van der Waals surface area contributed by atoms with Gasteiger partial charge in [-0.25, -0.2) is 9.37 Å². The Morgan fingerprint density at radius 1 is 1.28 bits per heavy atom. The van der Waals surface area contributed by atoms with Crippen molar-refractivity contribution < 1.29 is 13.9 Å². The van der Waals surface area contributed by atoms with Gasteiger partial charge in [0.2, 0.25) is 5.91 Å². The fraction of sp³-hybridized carbons (Fsp3) is 0.667. The standard InChI is InChI=1S/C18H23ClFN3O2/c19-13-10-15(20)16(21-11-13)22-7-5-18(12-22)4-1-6-23(17(18)24)14-2-8-25-9-3-14/h10-11,14H,1-9,12H2/t18-/m1/s1. The Labute approximate surface area is 152 Å². The number of carbonyl (C=O) groups is 1. The quantitative estimate of drug-likeness (QED) is 0.806. The van der Waals surface area contributed by atoms with Crippen LogP contribution < -0.4 is 4.90 Å². The fourth-order valence-corrected chi connectivity index (χ4v) is 4.66. The molecule has 0 saturated carbocycles. The van der Waals surface area contributed by atoms with E-state index in [2.05, 4.69) is 9.88 Å². The molecule has 25 heavy (non-hydrogen) atoms. The predicted octanol–water partition coefficient (Wildman–Crippen LogP) is 2.87. The summed E-state index contributed by atoms with van der Waals surface area (Å²) < 4.78 is 19.7. The third kappa shape index (κ3) is 3.10. The molecule has 0 bridgehead atoms. The summed E-state index contributed by atoms with van der Waals surface area (Å²) in [4.78, 5) is 21.4. The molecule has 1 aromatic rings. The van der Waals surface area contributed by atoms with Gasteiger partial charge in [-0.05, 0) is 38.2 Å². The molecule has 5 nitrogen and oxygen atoms in total. The minimum atomic E-state index is -0.422. The summed E-state index contributed by atoms with van der Waals surface area (Å²) in [5.74, 6) is 0.119. The van der Waals surface area contributed by atoms with Gasteiger partial charge in [0.1, 0.15) is 0 Å². The number of likely N-dealkylation sites (tertiary alicyclic amines) is 1. The summed E-state index contributed by atoms with van der Waals surface area (Å²) >= 11 is 5.80. The number of halogens is 2. The summed E-state index contributed by atoms with van der Waals surface area (Å²) in [6.45, 7) is 3.48. The maximum absolute atomic E-state index is 14.2. The summed E-state index contributed by atoms with van der Waals surface area (Å²) in [6, 6.07) is 1.57. The Morgan fingerprint density at radius 3 is 2.84 bits per heavy atom. The van der Waals surface area contributed by atoms with E-state index in [-0.39, 0.29) is 17.0 Å². The summed E-state index contributed by atoms with van der Waals surface area (Å²) in [7, 11) is 0. The minimum Gasteiger partial charge on any atom is -0.381 e. The van der Waals surface area contributed by atoms with Crippen LogP contribution in [-0.2, 0) is 9.53 Å². The number of hydrogen-bond acceptors (Lipinski definition) is 4. The third-order valence-corrected chi connectivity index (χ3v) is 6.05. The number of aromatic nitrogens is 1. The van der Waals surface area contributed by atoms with Crippen molar-refractivity contribution in [2.45, 2.75) is 38.1 Å². The maximum Gasteiger partial charge on any atom is 0.230 e. The van der Waals surface area contributed by atoms with Crippen molar-refractivity contribution in [2.75, 3.05) is 37.7 Å². The lowest BCUT2D eigenvalue weighted by Crippen LogP contribution is -2.54. The van der Waals surface area contributed by atoms with E-state index in [9.17, 15) is 9.18 Å². The molecule has 0 unspecified atom stereocenters. The van der Waals surface area contributed by atoms with Crippen LogP contribution >= 0.6 is 11.6 Å². The molecule has 3 aliphatic rings. The molecular formula is C18H23ClFN3O2. The van der Waals surface area contributed by atoms with Crippen LogP contribution in [0.5, 0.6) is 0 Å². The molecule has 0 aromatic carbocycles. The van der Waals surface area contributed by atoms with E-state index in [0.717, 1.165) is 51.9 Å². The van der Waals surface area contributed by atoms with E-state index in [1.807, 2.05) is 4.90 Å². The van der Waals surface area contributed by atoms with Gasteiger partial charge in [-0.15, -0.1) is 0 Å². The van der Waals surface area contributed by atoms with Gasteiger partial charge in [0.05, 0.1) is 10.4 Å². The molecule has 7 heteroatoms. The van der Waals surface area contributed by atoms with Gasteiger partial charge in [-0.2, -0.15) is 0 Å². The number of hydrogen-bond donors (Lipinski definition) is 0. The lowest BCUT2D eigenvalue weighted by atomic mass is 9.77. The van der Waals surface area contributed by atoms with Crippen molar-refractivity contribution in [2.24, 2.45) is 5.41 Å². The van der Waals surface area contributed by atoms with Crippen LogP contribution in [0.1, 0.15) is 32.1 Å². The number of carbonyl (C=O) groups excluding carboxylic acids is 1. The summed E-state index contributed by atoms with van der Waals surface area (Å²) in [6.07, 6.45) is 5.93. The number of anilines is 1. The third-order valence-electron chi connectivity index (χ3n) is 5.84. The topological polar surface area (TPSA) is 45.7 Å². The molecule has 0 N–H and O–H groups in total. The number of rotatable bonds is 2. The maximum atomic E-state index is 14.2. The molecule has 4 rings (SSSR count). The van der Waals surface area contributed by atoms with E-state index in [1.54, 1.807) is 0 Å². The molecule has 3 fully saturated rings.